The number of hydrogen-bond donors (Lipinski definition) is 1. The predicted octanol–water partition coefficient (Wildman–Crippen LogP) is 2.62. The Kier molecular flexibility index (Phi) is 7.68. The molecule has 0 heterocycles. The highest BCUT2D eigenvalue weighted by Gasteiger charge is 2.04. The normalized spacial score (nSPS) is 12.6. The lowest BCUT2D eigenvalue weighted by molar-refractivity contribution is 0.174. The summed E-state index contributed by atoms with van der Waals surface area (Å²) in [7, 11) is 1.69. The minimum absolute atomic E-state index is 0.253. The second-order valence-corrected chi connectivity index (χ2v) is 4.90. The second kappa shape index (κ2) is 8.88. The molecule has 90 valence electrons. The van der Waals surface area contributed by atoms with Crippen LogP contribution in [0.3, 0.4) is 0 Å². The van der Waals surface area contributed by atoms with Crippen LogP contribution >= 0.6 is 23.4 Å². The molecule has 0 radical (unpaired) electrons. The first-order valence-electron chi connectivity index (χ1n) is 5.33. The van der Waals surface area contributed by atoms with Crippen LogP contribution in [0.4, 0.5) is 0 Å². The Morgan fingerprint density at radius 1 is 1.38 bits per heavy atom. The van der Waals surface area contributed by atoms with Crippen LogP contribution < -0.4 is 5.32 Å². The summed E-state index contributed by atoms with van der Waals surface area (Å²) in [5.74, 6) is 1.63. The molecule has 0 spiro atoms. The first-order valence-corrected chi connectivity index (χ1v) is 6.85. The summed E-state index contributed by atoms with van der Waals surface area (Å²) in [6, 6.07) is 10.6. The summed E-state index contributed by atoms with van der Waals surface area (Å²) >= 11 is 7.64. The van der Waals surface area contributed by atoms with Gasteiger partial charge in [-0.1, -0.05) is 18.2 Å². The van der Waals surface area contributed by atoms with Crippen LogP contribution in [-0.2, 0) is 4.74 Å². The van der Waals surface area contributed by atoms with E-state index in [-0.39, 0.29) is 6.04 Å². The molecule has 0 amide bonds. The van der Waals surface area contributed by atoms with E-state index in [9.17, 15) is 0 Å². The van der Waals surface area contributed by atoms with Crippen molar-refractivity contribution in [3.63, 3.8) is 0 Å². The molecule has 0 aromatic heterocycles. The van der Waals surface area contributed by atoms with Crippen molar-refractivity contribution >= 4 is 23.4 Å². The van der Waals surface area contributed by atoms with Gasteiger partial charge in [-0.25, -0.2) is 0 Å². The van der Waals surface area contributed by atoms with Gasteiger partial charge in [0, 0.05) is 36.2 Å². The third-order valence-electron chi connectivity index (χ3n) is 2.10. The van der Waals surface area contributed by atoms with E-state index < -0.39 is 0 Å². The van der Waals surface area contributed by atoms with Gasteiger partial charge >= 0.3 is 0 Å². The molecule has 1 aromatic rings. The zero-order valence-corrected chi connectivity index (χ0v) is 11.1. The number of nitrogens with one attached hydrogen (secondary N) is 1. The van der Waals surface area contributed by atoms with Crippen molar-refractivity contribution < 1.29 is 4.74 Å². The molecular formula is C12H18ClNOS. The average Bonchev–Trinajstić information content (AvgIpc) is 2.34. The average molecular weight is 260 g/mol. The number of halogens is 1. The Morgan fingerprint density at radius 3 is 2.75 bits per heavy atom. The highest BCUT2D eigenvalue weighted by molar-refractivity contribution is 7.99. The minimum atomic E-state index is 0.253. The number of hydrogen-bond acceptors (Lipinski definition) is 3. The van der Waals surface area contributed by atoms with Crippen LogP contribution in [0.1, 0.15) is 0 Å². The Hall–Kier alpha value is -0.220. The first kappa shape index (κ1) is 13.8. The molecule has 0 aliphatic heterocycles. The van der Waals surface area contributed by atoms with E-state index in [1.165, 1.54) is 4.90 Å². The zero-order valence-electron chi connectivity index (χ0n) is 9.49. The molecule has 0 aliphatic rings. The monoisotopic (exact) mass is 259 g/mol. The van der Waals surface area contributed by atoms with Crippen LogP contribution in [0.25, 0.3) is 0 Å². The summed E-state index contributed by atoms with van der Waals surface area (Å²) in [5.41, 5.74) is 0. The van der Waals surface area contributed by atoms with Crippen molar-refractivity contribution in [3.05, 3.63) is 30.3 Å². The summed E-state index contributed by atoms with van der Waals surface area (Å²) < 4.78 is 5.06. The van der Waals surface area contributed by atoms with Crippen molar-refractivity contribution in [3.8, 4) is 0 Å². The largest absolute Gasteiger partial charge is 0.383 e. The molecule has 16 heavy (non-hydrogen) atoms. The number of ether oxygens (including phenoxy) is 1. The summed E-state index contributed by atoms with van der Waals surface area (Å²) in [6.07, 6.45) is 0. The van der Waals surface area contributed by atoms with Gasteiger partial charge in [-0.2, -0.15) is 0 Å². The van der Waals surface area contributed by atoms with Gasteiger partial charge in [-0.15, -0.1) is 23.4 Å². The summed E-state index contributed by atoms with van der Waals surface area (Å²) in [5, 5.41) is 3.36. The smallest absolute Gasteiger partial charge is 0.0627 e. The van der Waals surface area contributed by atoms with Crippen LogP contribution in [0.15, 0.2) is 35.2 Å². The van der Waals surface area contributed by atoms with Crippen molar-refractivity contribution in [2.45, 2.75) is 10.9 Å². The van der Waals surface area contributed by atoms with Gasteiger partial charge in [0.15, 0.2) is 0 Å². The van der Waals surface area contributed by atoms with E-state index in [2.05, 4.69) is 29.6 Å². The lowest BCUT2D eigenvalue weighted by Crippen LogP contribution is -2.36. The highest BCUT2D eigenvalue weighted by Crippen LogP contribution is 2.15. The predicted molar refractivity (Wildman–Crippen MR) is 71.6 cm³/mol. The molecule has 0 bridgehead atoms. The van der Waals surface area contributed by atoms with Crippen molar-refractivity contribution in [2.24, 2.45) is 0 Å². The van der Waals surface area contributed by atoms with Crippen molar-refractivity contribution in [2.75, 3.05) is 31.9 Å². The van der Waals surface area contributed by atoms with Gasteiger partial charge in [0.2, 0.25) is 0 Å². The van der Waals surface area contributed by atoms with Gasteiger partial charge < -0.3 is 10.1 Å². The number of methoxy groups -OCH3 is 1. The number of rotatable bonds is 8. The maximum atomic E-state index is 5.79. The summed E-state index contributed by atoms with van der Waals surface area (Å²) in [4.78, 5) is 1.30. The molecular weight excluding hydrogens is 242 g/mol. The Labute approximate surface area is 107 Å². The molecule has 2 nitrogen and oxygen atoms in total. The first-order chi connectivity index (χ1) is 7.86. The van der Waals surface area contributed by atoms with Crippen LogP contribution in [0.2, 0.25) is 0 Å². The fraction of sp³-hybridized carbons (Fsp3) is 0.500. The van der Waals surface area contributed by atoms with Crippen LogP contribution in [0.5, 0.6) is 0 Å². The van der Waals surface area contributed by atoms with E-state index >= 15 is 0 Å². The standard InChI is InChI=1S/C12H18ClNOS/c1-15-10-11(9-13)14-7-8-16-12-5-3-2-4-6-12/h2-6,11,14H,7-10H2,1H3. The molecule has 1 atom stereocenters. The molecule has 0 aliphatic carbocycles. The van der Waals surface area contributed by atoms with Gasteiger partial charge in [-0.05, 0) is 12.1 Å². The van der Waals surface area contributed by atoms with Gasteiger partial charge in [0.05, 0.1) is 6.61 Å². The number of alkyl halides is 1. The van der Waals surface area contributed by atoms with E-state index in [0.29, 0.717) is 12.5 Å². The van der Waals surface area contributed by atoms with Crippen molar-refractivity contribution in [1.82, 2.24) is 5.32 Å². The van der Waals surface area contributed by atoms with E-state index in [4.69, 9.17) is 16.3 Å². The molecule has 1 rings (SSSR count). The molecule has 0 fully saturated rings. The topological polar surface area (TPSA) is 21.3 Å². The zero-order chi connectivity index (χ0) is 11.6. The Bertz CT molecular complexity index is 271. The van der Waals surface area contributed by atoms with Gasteiger partial charge in [0.25, 0.3) is 0 Å². The third-order valence-corrected chi connectivity index (χ3v) is 3.49. The molecule has 0 saturated heterocycles. The maximum absolute atomic E-state index is 5.79. The minimum Gasteiger partial charge on any atom is -0.383 e. The second-order valence-electron chi connectivity index (χ2n) is 3.42. The molecule has 1 aromatic carbocycles. The third kappa shape index (κ3) is 5.75. The van der Waals surface area contributed by atoms with Crippen molar-refractivity contribution in [1.29, 1.82) is 0 Å². The number of thioether (sulfide) groups is 1. The Morgan fingerprint density at radius 2 is 2.12 bits per heavy atom. The molecule has 1 N–H and O–H groups in total. The Balaban J connectivity index is 2.11. The van der Waals surface area contributed by atoms with Crippen LogP contribution in [-0.4, -0.2) is 37.9 Å². The van der Waals surface area contributed by atoms with E-state index in [1.807, 2.05) is 17.8 Å². The lowest BCUT2D eigenvalue weighted by Gasteiger charge is -2.14. The number of benzene rings is 1. The SMILES string of the molecule is COCC(CCl)NCCSc1ccccc1. The fourth-order valence-electron chi connectivity index (χ4n) is 1.31. The quantitative estimate of drug-likeness (QED) is 0.441. The lowest BCUT2D eigenvalue weighted by atomic mass is 10.3. The fourth-order valence-corrected chi connectivity index (χ4v) is 2.31. The van der Waals surface area contributed by atoms with Crippen LogP contribution in [0, 0.1) is 0 Å². The molecule has 0 saturated carbocycles. The van der Waals surface area contributed by atoms with E-state index in [0.717, 1.165) is 12.3 Å². The molecule has 1 unspecified atom stereocenters. The van der Waals surface area contributed by atoms with E-state index in [1.54, 1.807) is 7.11 Å². The maximum Gasteiger partial charge on any atom is 0.0627 e. The highest BCUT2D eigenvalue weighted by atomic mass is 35.5. The summed E-state index contributed by atoms with van der Waals surface area (Å²) in [6.45, 7) is 1.61. The van der Waals surface area contributed by atoms with Gasteiger partial charge in [-0.3, -0.25) is 0 Å². The molecule has 4 heteroatoms. The van der Waals surface area contributed by atoms with Gasteiger partial charge in [0.1, 0.15) is 0 Å².